The number of anilines is 2. The molecule has 1 aliphatic carbocycles. The summed E-state index contributed by atoms with van der Waals surface area (Å²) in [6.07, 6.45) is 4.17. The quantitative estimate of drug-likeness (QED) is 0.859. The first-order valence-electron chi connectivity index (χ1n) is 5.84. The molecule has 0 radical (unpaired) electrons. The van der Waals surface area contributed by atoms with E-state index in [9.17, 15) is 0 Å². The predicted molar refractivity (Wildman–Crippen MR) is 73.9 cm³/mol. The summed E-state index contributed by atoms with van der Waals surface area (Å²) in [7, 11) is 2.16. The lowest BCUT2D eigenvalue weighted by molar-refractivity contribution is 0.321. The van der Waals surface area contributed by atoms with Crippen molar-refractivity contribution >= 4 is 27.3 Å². The Kier molecular flexibility index (Phi) is 3.43. The summed E-state index contributed by atoms with van der Waals surface area (Å²) >= 11 is 3.59. The molecule has 0 aromatic heterocycles. The molecule has 2 nitrogen and oxygen atoms in total. The maximum atomic E-state index is 5.88. The Morgan fingerprint density at radius 3 is 2.69 bits per heavy atom. The Balaban J connectivity index is 2.14. The van der Waals surface area contributed by atoms with Crippen LogP contribution in [0, 0.1) is 12.8 Å². The third kappa shape index (κ3) is 2.34. The van der Waals surface area contributed by atoms with Gasteiger partial charge in [-0.05, 0) is 59.3 Å². The molecule has 0 bridgehead atoms. The van der Waals surface area contributed by atoms with Crippen LogP contribution in [0.5, 0.6) is 0 Å². The molecule has 0 aliphatic heterocycles. The average Bonchev–Trinajstić information content (AvgIpc) is 2.17. The summed E-state index contributed by atoms with van der Waals surface area (Å²) in [4.78, 5) is 2.33. The van der Waals surface area contributed by atoms with E-state index in [0.717, 1.165) is 28.2 Å². The van der Waals surface area contributed by atoms with E-state index in [1.54, 1.807) is 0 Å². The predicted octanol–water partition coefficient (Wildman–Crippen LogP) is 3.58. The molecule has 0 saturated heterocycles. The minimum absolute atomic E-state index is 0.854. The molecule has 0 spiro atoms. The second-order valence-electron chi connectivity index (χ2n) is 4.84. The first-order chi connectivity index (χ1) is 7.58. The zero-order valence-electron chi connectivity index (χ0n) is 9.96. The van der Waals surface area contributed by atoms with Crippen LogP contribution in [-0.4, -0.2) is 13.6 Å². The first kappa shape index (κ1) is 11.8. The second-order valence-corrected chi connectivity index (χ2v) is 5.69. The molecule has 1 aliphatic rings. The molecule has 3 heteroatoms. The number of aryl methyl sites for hydroxylation is 1. The van der Waals surface area contributed by atoms with Crippen molar-refractivity contribution in [3.8, 4) is 0 Å². The fourth-order valence-corrected chi connectivity index (χ4v) is 2.80. The number of halogens is 1. The smallest absolute Gasteiger partial charge is 0.0512 e. The van der Waals surface area contributed by atoms with E-state index in [1.807, 2.05) is 6.07 Å². The lowest BCUT2D eigenvalue weighted by atomic mass is 9.85. The monoisotopic (exact) mass is 282 g/mol. The number of benzene rings is 1. The van der Waals surface area contributed by atoms with Crippen molar-refractivity contribution in [1.29, 1.82) is 0 Å². The van der Waals surface area contributed by atoms with Gasteiger partial charge in [-0.25, -0.2) is 0 Å². The molecule has 0 atom stereocenters. The van der Waals surface area contributed by atoms with Gasteiger partial charge >= 0.3 is 0 Å². The van der Waals surface area contributed by atoms with Crippen LogP contribution >= 0.6 is 15.9 Å². The maximum Gasteiger partial charge on any atom is 0.0512 e. The molecule has 1 aromatic carbocycles. The van der Waals surface area contributed by atoms with Crippen LogP contribution < -0.4 is 10.6 Å². The Hall–Kier alpha value is -0.700. The Morgan fingerprint density at radius 1 is 1.44 bits per heavy atom. The zero-order chi connectivity index (χ0) is 11.7. The second kappa shape index (κ2) is 4.66. The van der Waals surface area contributed by atoms with E-state index in [4.69, 9.17) is 5.73 Å². The average molecular weight is 283 g/mol. The third-order valence-electron chi connectivity index (χ3n) is 3.50. The van der Waals surface area contributed by atoms with E-state index in [2.05, 4.69) is 40.9 Å². The van der Waals surface area contributed by atoms with Gasteiger partial charge in [-0.3, -0.25) is 0 Å². The minimum Gasteiger partial charge on any atom is -0.398 e. The zero-order valence-corrected chi connectivity index (χ0v) is 11.5. The Morgan fingerprint density at radius 2 is 2.12 bits per heavy atom. The van der Waals surface area contributed by atoms with Gasteiger partial charge < -0.3 is 10.6 Å². The van der Waals surface area contributed by atoms with E-state index >= 15 is 0 Å². The third-order valence-corrected chi connectivity index (χ3v) is 4.14. The first-order valence-corrected chi connectivity index (χ1v) is 6.64. The lowest BCUT2D eigenvalue weighted by Gasteiger charge is -2.32. The van der Waals surface area contributed by atoms with Gasteiger partial charge in [0.25, 0.3) is 0 Å². The van der Waals surface area contributed by atoms with Gasteiger partial charge in [0, 0.05) is 23.8 Å². The molecule has 2 N–H and O–H groups in total. The van der Waals surface area contributed by atoms with E-state index in [0.29, 0.717) is 0 Å². The summed E-state index contributed by atoms with van der Waals surface area (Å²) in [6, 6.07) is 4.17. The van der Waals surface area contributed by atoms with Crippen molar-refractivity contribution in [1.82, 2.24) is 0 Å². The van der Waals surface area contributed by atoms with Gasteiger partial charge in [-0.15, -0.1) is 0 Å². The van der Waals surface area contributed by atoms with E-state index in [-0.39, 0.29) is 0 Å². The molecule has 0 amide bonds. The fraction of sp³-hybridized carbons (Fsp3) is 0.538. The van der Waals surface area contributed by atoms with Gasteiger partial charge in [0.2, 0.25) is 0 Å². The number of rotatable bonds is 3. The van der Waals surface area contributed by atoms with Crippen molar-refractivity contribution in [2.24, 2.45) is 5.92 Å². The van der Waals surface area contributed by atoms with Crippen LogP contribution in [0.25, 0.3) is 0 Å². The van der Waals surface area contributed by atoms with Gasteiger partial charge in [0.1, 0.15) is 0 Å². The molecule has 1 aromatic rings. The van der Waals surface area contributed by atoms with Crippen LogP contribution in [0.1, 0.15) is 24.8 Å². The van der Waals surface area contributed by atoms with Gasteiger partial charge in [-0.2, -0.15) is 0 Å². The fourth-order valence-electron chi connectivity index (χ4n) is 2.14. The molecule has 1 saturated carbocycles. The van der Waals surface area contributed by atoms with Crippen molar-refractivity contribution in [2.75, 3.05) is 24.2 Å². The van der Waals surface area contributed by atoms with Crippen LogP contribution in [0.2, 0.25) is 0 Å². The highest BCUT2D eigenvalue weighted by molar-refractivity contribution is 9.10. The van der Waals surface area contributed by atoms with Crippen LogP contribution in [0.4, 0.5) is 11.4 Å². The van der Waals surface area contributed by atoms with E-state index < -0.39 is 0 Å². The van der Waals surface area contributed by atoms with Crippen LogP contribution in [0.3, 0.4) is 0 Å². The minimum atomic E-state index is 0.854. The number of nitrogen functional groups attached to an aromatic ring is 1. The SMILES string of the molecule is Cc1cc(N(C)CC2CCC2)c(Br)cc1N. The lowest BCUT2D eigenvalue weighted by Crippen LogP contribution is -2.29. The number of hydrogen-bond donors (Lipinski definition) is 1. The molecular formula is C13H19BrN2. The van der Waals surface area contributed by atoms with Crippen molar-refractivity contribution in [3.63, 3.8) is 0 Å². The summed E-state index contributed by atoms with van der Waals surface area (Å²) in [5, 5.41) is 0. The van der Waals surface area contributed by atoms with Gasteiger partial charge in [0.05, 0.1) is 5.69 Å². The molecule has 88 valence electrons. The Labute approximate surface area is 106 Å². The van der Waals surface area contributed by atoms with Crippen LogP contribution in [-0.2, 0) is 0 Å². The van der Waals surface area contributed by atoms with Crippen molar-refractivity contribution in [2.45, 2.75) is 26.2 Å². The topological polar surface area (TPSA) is 29.3 Å². The largest absolute Gasteiger partial charge is 0.398 e. The standard InChI is InChI=1S/C13H19BrN2/c1-9-6-13(11(14)7-12(9)15)16(2)8-10-4-3-5-10/h6-7,10H,3-5,8,15H2,1-2H3. The van der Waals surface area contributed by atoms with Crippen molar-refractivity contribution in [3.05, 3.63) is 22.2 Å². The number of hydrogen-bond acceptors (Lipinski definition) is 2. The normalized spacial score (nSPS) is 15.9. The summed E-state index contributed by atoms with van der Waals surface area (Å²) in [5.41, 5.74) is 9.13. The number of nitrogens with two attached hydrogens (primary N) is 1. The van der Waals surface area contributed by atoms with E-state index in [1.165, 1.54) is 24.9 Å². The van der Waals surface area contributed by atoms with Gasteiger partial charge in [-0.1, -0.05) is 6.42 Å². The van der Waals surface area contributed by atoms with Gasteiger partial charge in [0.15, 0.2) is 0 Å². The molecule has 2 rings (SSSR count). The highest BCUT2D eigenvalue weighted by Crippen LogP contribution is 2.33. The highest BCUT2D eigenvalue weighted by Gasteiger charge is 2.20. The van der Waals surface area contributed by atoms with Crippen LogP contribution in [0.15, 0.2) is 16.6 Å². The molecule has 16 heavy (non-hydrogen) atoms. The summed E-state index contributed by atoms with van der Waals surface area (Å²) in [5.74, 6) is 0.884. The molecule has 1 fully saturated rings. The molecular weight excluding hydrogens is 264 g/mol. The van der Waals surface area contributed by atoms with Crippen molar-refractivity contribution < 1.29 is 0 Å². The summed E-state index contributed by atoms with van der Waals surface area (Å²) < 4.78 is 1.09. The molecule has 0 heterocycles. The summed E-state index contributed by atoms with van der Waals surface area (Å²) in [6.45, 7) is 3.21. The highest BCUT2D eigenvalue weighted by atomic mass is 79.9. The Bertz CT molecular complexity index is 386. The molecule has 0 unspecified atom stereocenters. The maximum absolute atomic E-state index is 5.88. The number of nitrogens with zero attached hydrogens (tertiary/aromatic N) is 1.